The van der Waals surface area contributed by atoms with Gasteiger partial charge >= 0.3 is 0 Å². The van der Waals surface area contributed by atoms with Gasteiger partial charge in [0.2, 0.25) is 0 Å². The Morgan fingerprint density at radius 1 is 0.432 bits per heavy atom. The van der Waals surface area contributed by atoms with Crippen molar-refractivity contribution in [2.45, 2.75) is 19.3 Å². The molecule has 37 heavy (non-hydrogen) atoms. The smallest absolute Gasteiger partial charge is 0.0254 e. The summed E-state index contributed by atoms with van der Waals surface area (Å²) in [4.78, 5) is 0. The topological polar surface area (TPSA) is 0 Å². The third-order valence-corrected chi connectivity index (χ3v) is 9.42. The summed E-state index contributed by atoms with van der Waals surface area (Å²) in [5, 5.41) is 5.04. The molecule has 178 valence electrons. The third kappa shape index (κ3) is 3.46. The zero-order valence-electron chi connectivity index (χ0n) is 20.6. The van der Waals surface area contributed by atoms with E-state index in [-0.39, 0.29) is 5.41 Å². The summed E-state index contributed by atoms with van der Waals surface area (Å²) in [6.45, 7) is 4.73. The van der Waals surface area contributed by atoms with Crippen molar-refractivity contribution < 1.29 is 0 Å². The summed E-state index contributed by atoms with van der Waals surface area (Å²) >= 11 is 7.47. The minimum atomic E-state index is -0.0903. The Bertz CT molecular complexity index is 1740. The maximum atomic E-state index is 3.73. The molecule has 1 aliphatic rings. The minimum Gasteiger partial charge on any atom is -0.0616 e. The molecule has 0 unspecified atom stereocenters. The van der Waals surface area contributed by atoms with Crippen LogP contribution in [0.2, 0.25) is 0 Å². The van der Waals surface area contributed by atoms with Crippen LogP contribution in [0.4, 0.5) is 0 Å². The second kappa shape index (κ2) is 8.41. The van der Waals surface area contributed by atoms with Crippen LogP contribution in [0.5, 0.6) is 0 Å². The zero-order chi connectivity index (χ0) is 25.3. The van der Waals surface area contributed by atoms with Gasteiger partial charge in [-0.25, -0.2) is 0 Å². The quantitative estimate of drug-likeness (QED) is 0.185. The van der Waals surface area contributed by atoms with Crippen molar-refractivity contribution in [2.75, 3.05) is 0 Å². The molecule has 0 atom stereocenters. The van der Waals surface area contributed by atoms with Crippen molar-refractivity contribution in [3.05, 3.63) is 129 Å². The molecule has 0 spiro atoms. The molecule has 1 aliphatic carbocycles. The van der Waals surface area contributed by atoms with Gasteiger partial charge in [0.25, 0.3) is 0 Å². The highest BCUT2D eigenvalue weighted by Crippen LogP contribution is 2.51. The van der Waals surface area contributed by atoms with Crippen molar-refractivity contribution in [1.29, 1.82) is 0 Å². The van der Waals surface area contributed by atoms with Crippen molar-refractivity contribution in [2.24, 2.45) is 0 Å². The summed E-state index contributed by atoms with van der Waals surface area (Å²) in [7, 11) is 0. The van der Waals surface area contributed by atoms with Gasteiger partial charge in [-0.3, -0.25) is 0 Å². The predicted molar refractivity (Wildman–Crippen MR) is 165 cm³/mol. The fraction of sp³-hybridized carbons (Fsp3) is 0.0857. The molecule has 0 aliphatic heterocycles. The highest BCUT2D eigenvalue weighted by Gasteiger charge is 2.36. The monoisotopic (exact) mass is 602 g/mol. The lowest BCUT2D eigenvalue weighted by molar-refractivity contribution is 0.661. The van der Waals surface area contributed by atoms with E-state index in [0.29, 0.717) is 0 Å². The van der Waals surface area contributed by atoms with Crippen LogP contribution >= 0.6 is 31.9 Å². The van der Waals surface area contributed by atoms with Gasteiger partial charge in [0, 0.05) is 14.4 Å². The standard InChI is InChI=1S/C35H24Br2/c1-35(2)31-19-21(23-15-17-33(36)29-9-5-3-7-25(23)29)11-13-27(31)28-14-12-22(20-32(28)35)24-16-18-34(37)30-10-6-4-8-26(24)30/h3-20H,1-2H3. The molecule has 6 aromatic carbocycles. The van der Waals surface area contributed by atoms with Crippen molar-refractivity contribution >= 4 is 53.4 Å². The average Bonchev–Trinajstić information content (AvgIpc) is 3.15. The molecule has 2 heteroatoms. The van der Waals surface area contributed by atoms with E-state index < -0.39 is 0 Å². The van der Waals surface area contributed by atoms with Crippen LogP contribution < -0.4 is 0 Å². The van der Waals surface area contributed by atoms with Crippen LogP contribution in [-0.4, -0.2) is 0 Å². The first-order chi connectivity index (χ1) is 17.9. The molecule has 6 aromatic rings. The Balaban J connectivity index is 1.38. The van der Waals surface area contributed by atoms with Crippen LogP contribution in [-0.2, 0) is 5.41 Å². The molecule has 0 bridgehead atoms. The first-order valence-electron chi connectivity index (χ1n) is 12.6. The Labute approximate surface area is 234 Å². The highest BCUT2D eigenvalue weighted by molar-refractivity contribution is 9.11. The molecule has 0 saturated heterocycles. The van der Waals surface area contributed by atoms with Gasteiger partial charge in [0.1, 0.15) is 0 Å². The van der Waals surface area contributed by atoms with Crippen molar-refractivity contribution in [1.82, 2.24) is 0 Å². The van der Waals surface area contributed by atoms with E-state index in [2.05, 4.69) is 155 Å². The second-order valence-electron chi connectivity index (χ2n) is 10.4. The molecule has 0 nitrogen and oxygen atoms in total. The zero-order valence-corrected chi connectivity index (χ0v) is 23.8. The fourth-order valence-corrected chi connectivity index (χ4v) is 7.06. The minimum absolute atomic E-state index is 0.0903. The van der Waals surface area contributed by atoms with E-state index in [1.54, 1.807) is 0 Å². The number of halogens is 2. The maximum Gasteiger partial charge on any atom is 0.0254 e. The molecule has 7 rings (SSSR count). The Morgan fingerprint density at radius 3 is 1.24 bits per heavy atom. The van der Waals surface area contributed by atoms with E-state index in [1.807, 2.05) is 0 Å². The van der Waals surface area contributed by atoms with E-state index in [1.165, 1.54) is 66.1 Å². The normalized spacial score (nSPS) is 13.6. The van der Waals surface area contributed by atoms with Gasteiger partial charge in [0.15, 0.2) is 0 Å². The van der Waals surface area contributed by atoms with Gasteiger partial charge in [0.05, 0.1) is 0 Å². The summed E-state index contributed by atoms with van der Waals surface area (Å²) in [6.07, 6.45) is 0. The predicted octanol–water partition coefficient (Wildman–Crippen LogP) is 11.2. The molecule has 0 N–H and O–H groups in total. The largest absolute Gasteiger partial charge is 0.0616 e. The number of rotatable bonds is 2. The molecule has 0 aromatic heterocycles. The second-order valence-corrected chi connectivity index (χ2v) is 12.1. The maximum absolute atomic E-state index is 3.73. The molecule has 0 saturated carbocycles. The molecule has 0 radical (unpaired) electrons. The lowest BCUT2D eigenvalue weighted by Crippen LogP contribution is -2.15. The van der Waals surface area contributed by atoms with Crippen molar-refractivity contribution in [3.8, 4) is 33.4 Å². The molecule has 0 fully saturated rings. The van der Waals surface area contributed by atoms with Crippen LogP contribution in [0.3, 0.4) is 0 Å². The summed E-state index contributed by atoms with van der Waals surface area (Å²) in [6, 6.07) is 40.1. The summed E-state index contributed by atoms with van der Waals surface area (Å²) in [5.74, 6) is 0. The average molecular weight is 604 g/mol. The Hall–Kier alpha value is -3.20. The molecule has 0 amide bonds. The van der Waals surface area contributed by atoms with Crippen LogP contribution in [0.15, 0.2) is 118 Å². The lowest BCUT2D eigenvalue weighted by atomic mass is 9.80. The molecular formula is C35H24Br2. The number of hydrogen-bond acceptors (Lipinski definition) is 0. The molecular weight excluding hydrogens is 580 g/mol. The lowest BCUT2D eigenvalue weighted by Gasteiger charge is -2.23. The number of benzene rings is 6. The number of hydrogen-bond donors (Lipinski definition) is 0. The van der Waals surface area contributed by atoms with Gasteiger partial charge < -0.3 is 0 Å². The van der Waals surface area contributed by atoms with Gasteiger partial charge in [-0.05, 0) is 90.3 Å². The SMILES string of the molecule is CC1(C)c2cc(-c3ccc(Br)c4ccccc34)ccc2-c2ccc(-c3ccc(Br)c4ccccc34)cc21. The van der Waals surface area contributed by atoms with Crippen LogP contribution in [0.1, 0.15) is 25.0 Å². The van der Waals surface area contributed by atoms with E-state index in [4.69, 9.17) is 0 Å². The first kappa shape index (κ1) is 23.0. The number of fused-ring (bicyclic) bond motifs is 5. The Kier molecular flexibility index (Phi) is 5.22. The molecule has 0 heterocycles. The van der Waals surface area contributed by atoms with E-state index in [9.17, 15) is 0 Å². The Morgan fingerprint density at radius 2 is 0.811 bits per heavy atom. The summed E-state index contributed by atoms with van der Waals surface area (Å²) < 4.78 is 2.27. The van der Waals surface area contributed by atoms with E-state index in [0.717, 1.165) is 8.95 Å². The van der Waals surface area contributed by atoms with Gasteiger partial charge in [-0.1, -0.05) is 131 Å². The van der Waals surface area contributed by atoms with Crippen LogP contribution in [0, 0.1) is 0 Å². The van der Waals surface area contributed by atoms with Gasteiger partial charge in [-0.15, -0.1) is 0 Å². The van der Waals surface area contributed by atoms with E-state index >= 15 is 0 Å². The summed E-state index contributed by atoms with van der Waals surface area (Å²) in [5.41, 5.74) is 10.5. The highest BCUT2D eigenvalue weighted by atomic mass is 79.9. The third-order valence-electron chi connectivity index (χ3n) is 8.04. The first-order valence-corrected chi connectivity index (χ1v) is 14.2. The fourth-order valence-electron chi connectivity index (χ4n) is 6.10. The van der Waals surface area contributed by atoms with Gasteiger partial charge in [-0.2, -0.15) is 0 Å². The van der Waals surface area contributed by atoms with Crippen LogP contribution in [0.25, 0.3) is 54.9 Å². The van der Waals surface area contributed by atoms with Crippen molar-refractivity contribution in [3.63, 3.8) is 0 Å².